The molecule has 2 atom stereocenters. The third-order valence-corrected chi connectivity index (χ3v) is 2.88. The Bertz CT molecular complexity index is 270. The number of likely N-dealkylation sites (tertiary alicyclic amines) is 1. The average molecular weight is 230 g/mol. The molecular formula is C10H18N2O4. The van der Waals surface area contributed by atoms with Crippen molar-refractivity contribution in [2.45, 2.75) is 19.4 Å². The third-order valence-electron chi connectivity index (χ3n) is 2.88. The minimum atomic E-state index is -0.842. The summed E-state index contributed by atoms with van der Waals surface area (Å²) in [4.78, 5) is 24.1. The summed E-state index contributed by atoms with van der Waals surface area (Å²) >= 11 is 0. The molecule has 0 saturated carbocycles. The summed E-state index contributed by atoms with van der Waals surface area (Å²) < 4.78 is 5.04. The topological polar surface area (TPSA) is 92.9 Å². The van der Waals surface area contributed by atoms with Gasteiger partial charge < -0.3 is 20.5 Å². The number of nitrogens with zero attached hydrogens (tertiary/aromatic N) is 1. The van der Waals surface area contributed by atoms with E-state index >= 15 is 0 Å². The van der Waals surface area contributed by atoms with Crippen LogP contribution in [0.1, 0.15) is 13.3 Å². The lowest BCUT2D eigenvalue weighted by Crippen LogP contribution is -2.39. The maximum absolute atomic E-state index is 11.7. The van der Waals surface area contributed by atoms with Crippen LogP contribution in [0.25, 0.3) is 0 Å². The normalized spacial score (nSPS) is 24.8. The van der Waals surface area contributed by atoms with Gasteiger partial charge in [0.25, 0.3) is 0 Å². The quantitative estimate of drug-likeness (QED) is 0.608. The lowest BCUT2D eigenvalue weighted by Gasteiger charge is -2.23. The zero-order chi connectivity index (χ0) is 12.1. The Morgan fingerprint density at radius 3 is 2.75 bits per heavy atom. The van der Waals surface area contributed by atoms with Crippen LogP contribution in [-0.4, -0.2) is 54.2 Å². The van der Waals surface area contributed by atoms with Gasteiger partial charge in [0.05, 0.1) is 12.5 Å². The van der Waals surface area contributed by atoms with E-state index in [4.69, 9.17) is 15.6 Å². The van der Waals surface area contributed by atoms with Crippen LogP contribution in [-0.2, 0) is 14.3 Å². The fourth-order valence-corrected chi connectivity index (χ4v) is 1.95. The zero-order valence-electron chi connectivity index (χ0n) is 9.39. The molecular weight excluding hydrogens is 212 g/mol. The van der Waals surface area contributed by atoms with Crippen molar-refractivity contribution in [2.24, 2.45) is 11.7 Å². The van der Waals surface area contributed by atoms with Crippen molar-refractivity contribution in [1.82, 2.24) is 4.90 Å². The van der Waals surface area contributed by atoms with Crippen molar-refractivity contribution in [2.75, 3.05) is 26.3 Å². The van der Waals surface area contributed by atoms with E-state index in [9.17, 15) is 9.59 Å². The van der Waals surface area contributed by atoms with Gasteiger partial charge in [0.2, 0.25) is 5.91 Å². The number of aliphatic carboxylic acids is 1. The van der Waals surface area contributed by atoms with Crippen molar-refractivity contribution in [3.63, 3.8) is 0 Å². The van der Waals surface area contributed by atoms with Crippen molar-refractivity contribution >= 4 is 11.9 Å². The highest BCUT2D eigenvalue weighted by Gasteiger charge is 2.37. The molecule has 0 aliphatic carbocycles. The Balaban J connectivity index is 2.43. The number of amides is 1. The standard InChI is InChI=1S/C10H18N2O4/c1-7-8(10(14)15)2-4-12(7)9(13)6-16-5-3-11/h7-8H,2-6,11H2,1H3,(H,14,15). The second-order valence-electron chi connectivity index (χ2n) is 3.90. The lowest BCUT2D eigenvalue weighted by atomic mass is 10.0. The van der Waals surface area contributed by atoms with Crippen LogP contribution in [0.2, 0.25) is 0 Å². The molecule has 6 heteroatoms. The summed E-state index contributed by atoms with van der Waals surface area (Å²) in [6.45, 7) is 2.94. The summed E-state index contributed by atoms with van der Waals surface area (Å²) in [6.07, 6.45) is 0.513. The molecule has 1 fully saturated rings. The van der Waals surface area contributed by atoms with Gasteiger partial charge in [-0.2, -0.15) is 0 Å². The van der Waals surface area contributed by atoms with E-state index < -0.39 is 11.9 Å². The predicted molar refractivity (Wildman–Crippen MR) is 56.8 cm³/mol. The zero-order valence-corrected chi connectivity index (χ0v) is 9.39. The summed E-state index contributed by atoms with van der Waals surface area (Å²) in [7, 11) is 0. The molecule has 3 N–H and O–H groups in total. The molecule has 1 saturated heterocycles. The van der Waals surface area contributed by atoms with Crippen molar-refractivity contribution in [3.8, 4) is 0 Å². The lowest BCUT2D eigenvalue weighted by molar-refractivity contribution is -0.143. The van der Waals surface area contributed by atoms with Crippen molar-refractivity contribution < 1.29 is 19.4 Å². The van der Waals surface area contributed by atoms with Gasteiger partial charge in [0.1, 0.15) is 6.61 Å². The van der Waals surface area contributed by atoms with Gasteiger partial charge >= 0.3 is 5.97 Å². The van der Waals surface area contributed by atoms with Gasteiger partial charge in [-0.25, -0.2) is 0 Å². The molecule has 0 aromatic rings. The molecule has 1 rings (SSSR count). The first-order valence-electron chi connectivity index (χ1n) is 5.38. The molecule has 0 aromatic carbocycles. The van der Waals surface area contributed by atoms with E-state index in [1.165, 1.54) is 0 Å². The number of ether oxygens (including phenoxy) is 1. The van der Waals surface area contributed by atoms with Gasteiger partial charge in [-0.05, 0) is 13.3 Å². The van der Waals surface area contributed by atoms with Crippen LogP contribution >= 0.6 is 0 Å². The number of nitrogens with two attached hydrogens (primary N) is 1. The second kappa shape index (κ2) is 5.81. The van der Waals surface area contributed by atoms with Crippen LogP contribution in [0.15, 0.2) is 0 Å². The SMILES string of the molecule is CC1C(C(=O)O)CCN1C(=O)COCCN. The molecule has 0 radical (unpaired) electrons. The summed E-state index contributed by atoms with van der Waals surface area (Å²) in [5.74, 6) is -1.46. The van der Waals surface area contributed by atoms with E-state index in [1.54, 1.807) is 11.8 Å². The number of carboxylic acids is 1. The highest BCUT2D eigenvalue weighted by Crippen LogP contribution is 2.24. The van der Waals surface area contributed by atoms with Crippen LogP contribution in [0.3, 0.4) is 0 Å². The van der Waals surface area contributed by atoms with E-state index in [0.29, 0.717) is 26.1 Å². The van der Waals surface area contributed by atoms with Crippen molar-refractivity contribution in [1.29, 1.82) is 0 Å². The maximum atomic E-state index is 11.7. The van der Waals surface area contributed by atoms with Crippen molar-refractivity contribution in [3.05, 3.63) is 0 Å². The number of hydrogen-bond donors (Lipinski definition) is 2. The van der Waals surface area contributed by atoms with Gasteiger partial charge in [0, 0.05) is 19.1 Å². The summed E-state index contributed by atoms with van der Waals surface area (Å²) in [6, 6.07) is -0.258. The highest BCUT2D eigenvalue weighted by atomic mass is 16.5. The molecule has 2 unspecified atom stereocenters. The minimum Gasteiger partial charge on any atom is -0.481 e. The summed E-state index contributed by atoms with van der Waals surface area (Å²) in [5.41, 5.74) is 5.23. The number of carbonyl (C=O) groups excluding carboxylic acids is 1. The highest BCUT2D eigenvalue weighted by molar-refractivity contribution is 5.80. The van der Waals surface area contributed by atoms with Gasteiger partial charge in [-0.15, -0.1) is 0 Å². The second-order valence-corrected chi connectivity index (χ2v) is 3.90. The summed E-state index contributed by atoms with van der Waals surface area (Å²) in [5, 5.41) is 8.91. The molecule has 6 nitrogen and oxygen atoms in total. The third kappa shape index (κ3) is 2.93. The van der Waals surface area contributed by atoms with Crippen LogP contribution in [0, 0.1) is 5.92 Å². The molecule has 0 spiro atoms. The van der Waals surface area contributed by atoms with Crippen LogP contribution in [0.4, 0.5) is 0 Å². The van der Waals surface area contributed by atoms with Gasteiger partial charge in [-0.1, -0.05) is 0 Å². The van der Waals surface area contributed by atoms with Gasteiger partial charge in [-0.3, -0.25) is 9.59 Å². The Labute approximate surface area is 94.3 Å². The van der Waals surface area contributed by atoms with Gasteiger partial charge in [0.15, 0.2) is 0 Å². The Hall–Kier alpha value is -1.14. The molecule has 92 valence electrons. The number of hydrogen-bond acceptors (Lipinski definition) is 4. The fraction of sp³-hybridized carbons (Fsp3) is 0.800. The number of carbonyl (C=O) groups is 2. The van der Waals surface area contributed by atoms with Crippen LogP contribution < -0.4 is 5.73 Å². The predicted octanol–water partition coefficient (Wildman–Crippen LogP) is -0.717. The smallest absolute Gasteiger partial charge is 0.308 e. The van der Waals surface area contributed by atoms with E-state index in [1.807, 2.05) is 0 Å². The van der Waals surface area contributed by atoms with E-state index in [2.05, 4.69) is 0 Å². The first kappa shape index (κ1) is 12.9. The average Bonchev–Trinajstić information content (AvgIpc) is 2.60. The molecule has 1 heterocycles. The molecule has 0 aromatic heterocycles. The number of rotatable bonds is 5. The Kier molecular flexibility index (Phi) is 4.70. The monoisotopic (exact) mass is 230 g/mol. The first-order chi connectivity index (χ1) is 7.57. The molecule has 1 aliphatic rings. The molecule has 16 heavy (non-hydrogen) atoms. The van der Waals surface area contributed by atoms with Crippen LogP contribution in [0.5, 0.6) is 0 Å². The molecule has 1 aliphatic heterocycles. The maximum Gasteiger partial charge on any atom is 0.308 e. The molecule has 1 amide bonds. The Morgan fingerprint density at radius 1 is 1.56 bits per heavy atom. The first-order valence-corrected chi connectivity index (χ1v) is 5.38. The number of carboxylic acid groups (broad SMARTS) is 1. The minimum absolute atomic E-state index is 0.0200. The largest absolute Gasteiger partial charge is 0.481 e. The van der Waals surface area contributed by atoms with E-state index in [0.717, 1.165) is 0 Å². The fourth-order valence-electron chi connectivity index (χ4n) is 1.95. The molecule has 0 bridgehead atoms. The van der Waals surface area contributed by atoms with E-state index in [-0.39, 0.29) is 18.6 Å². The Morgan fingerprint density at radius 2 is 2.25 bits per heavy atom.